The average molecular weight is 363 g/mol. The second-order valence-corrected chi connectivity index (χ2v) is 7.45. The average Bonchev–Trinajstić information content (AvgIpc) is 3.11. The minimum atomic E-state index is 0.203. The van der Waals surface area contributed by atoms with Crippen molar-refractivity contribution in [3.63, 3.8) is 0 Å². The molecule has 1 saturated heterocycles. The highest BCUT2D eigenvalue weighted by Gasteiger charge is 2.26. The Morgan fingerprint density at radius 3 is 2.52 bits per heavy atom. The Hall–Kier alpha value is -2.73. The van der Waals surface area contributed by atoms with Crippen molar-refractivity contribution in [1.29, 1.82) is 0 Å². The summed E-state index contributed by atoms with van der Waals surface area (Å²) in [5.74, 6) is 1.40. The molecule has 1 aromatic carbocycles. The Bertz CT molecular complexity index is 926. The number of fused-ring (bicyclic) bond motifs is 1. The van der Waals surface area contributed by atoms with Gasteiger partial charge in [0.1, 0.15) is 0 Å². The molecule has 2 aromatic heterocycles. The van der Waals surface area contributed by atoms with Gasteiger partial charge in [0.2, 0.25) is 5.91 Å². The monoisotopic (exact) mass is 363 g/mol. The molecule has 0 radical (unpaired) electrons. The van der Waals surface area contributed by atoms with Crippen LogP contribution >= 0.6 is 0 Å². The van der Waals surface area contributed by atoms with E-state index in [4.69, 9.17) is 10.1 Å². The first kappa shape index (κ1) is 17.7. The molecule has 1 fully saturated rings. The van der Waals surface area contributed by atoms with Crippen molar-refractivity contribution in [2.75, 3.05) is 33.7 Å². The molecule has 0 atom stereocenters. The molecule has 27 heavy (non-hydrogen) atoms. The van der Waals surface area contributed by atoms with Gasteiger partial charge < -0.3 is 9.80 Å². The van der Waals surface area contributed by atoms with Gasteiger partial charge in [-0.15, -0.1) is 0 Å². The van der Waals surface area contributed by atoms with Gasteiger partial charge >= 0.3 is 0 Å². The lowest BCUT2D eigenvalue weighted by atomic mass is 9.96. The SMILES string of the molecule is CN(C)CC(=O)N1CCC(c2nc3ccc(-c4ccccc4)cn3n2)CC1. The predicted molar refractivity (Wildman–Crippen MR) is 106 cm³/mol. The summed E-state index contributed by atoms with van der Waals surface area (Å²) in [5.41, 5.74) is 3.17. The fourth-order valence-corrected chi connectivity index (χ4v) is 3.63. The lowest BCUT2D eigenvalue weighted by molar-refractivity contribution is -0.132. The number of pyridine rings is 1. The quantitative estimate of drug-likeness (QED) is 0.715. The van der Waals surface area contributed by atoms with Crippen molar-refractivity contribution >= 4 is 11.6 Å². The predicted octanol–water partition coefficient (Wildman–Crippen LogP) is 2.66. The van der Waals surface area contributed by atoms with Gasteiger partial charge in [-0.2, -0.15) is 5.10 Å². The zero-order valence-electron chi connectivity index (χ0n) is 15.9. The minimum Gasteiger partial charge on any atom is -0.342 e. The highest BCUT2D eigenvalue weighted by molar-refractivity contribution is 5.78. The molecule has 0 spiro atoms. The molecule has 1 amide bonds. The maximum atomic E-state index is 12.2. The van der Waals surface area contributed by atoms with Crippen LogP contribution in [-0.2, 0) is 4.79 Å². The Morgan fingerprint density at radius 1 is 1.07 bits per heavy atom. The topological polar surface area (TPSA) is 53.7 Å². The van der Waals surface area contributed by atoms with E-state index in [0.29, 0.717) is 12.5 Å². The number of rotatable bonds is 4. The van der Waals surface area contributed by atoms with E-state index < -0.39 is 0 Å². The van der Waals surface area contributed by atoms with Crippen LogP contribution in [0.2, 0.25) is 0 Å². The third kappa shape index (κ3) is 3.85. The van der Waals surface area contributed by atoms with Gasteiger partial charge in [0, 0.05) is 30.8 Å². The molecule has 6 heteroatoms. The summed E-state index contributed by atoms with van der Waals surface area (Å²) in [7, 11) is 3.85. The maximum Gasteiger partial charge on any atom is 0.236 e. The Morgan fingerprint density at radius 2 is 1.81 bits per heavy atom. The van der Waals surface area contributed by atoms with Gasteiger partial charge in [-0.3, -0.25) is 4.79 Å². The smallest absolute Gasteiger partial charge is 0.236 e. The van der Waals surface area contributed by atoms with Crippen LogP contribution in [0.3, 0.4) is 0 Å². The third-order valence-electron chi connectivity index (χ3n) is 5.12. The fraction of sp³-hybridized carbons (Fsp3) is 0.381. The van der Waals surface area contributed by atoms with E-state index in [1.54, 1.807) is 0 Å². The number of hydrogen-bond donors (Lipinski definition) is 0. The van der Waals surface area contributed by atoms with E-state index in [2.05, 4.69) is 18.2 Å². The lowest BCUT2D eigenvalue weighted by Crippen LogP contribution is -2.42. The summed E-state index contributed by atoms with van der Waals surface area (Å²) in [5, 5.41) is 4.73. The third-order valence-corrected chi connectivity index (χ3v) is 5.12. The van der Waals surface area contributed by atoms with Gasteiger partial charge in [0.15, 0.2) is 11.5 Å². The first-order chi connectivity index (χ1) is 13.1. The molecule has 0 N–H and O–H groups in total. The molecule has 0 bridgehead atoms. The largest absolute Gasteiger partial charge is 0.342 e. The number of aromatic nitrogens is 3. The summed E-state index contributed by atoms with van der Waals surface area (Å²) < 4.78 is 1.88. The van der Waals surface area contributed by atoms with Gasteiger partial charge in [0.05, 0.1) is 6.54 Å². The number of piperidine rings is 1. The molecular formula is C21H25N5O. The van der Waals surface area contributed by atoms with Crippen LogP contribution in [0.15, 0.2) is 48.7 Å². The molecule has 0 unspecified atom stereocenters. The molecule has 1 aliphatic rings. The normalized spacial score (nSPS) is 15.6. The standard InChI is InChI=1S/C21H25N5O/c1-24(2)15-20(27)25-12-10-17(11-13-25)21-22-19-9-8-18(14-26(19)23-21)16-6-4-3-5-7-16/h3-9,14,17H,10-13,15H2,1-2H3. The van der Waals surface area contributed by atoms with Crippen molar-refractivity contribution in [3.8, 4) is 11.1 Å². The molecule has 0 aliphatic carbocycles. The van der Waals surface area contributed by atoms with E-state index in [-0.39, 0.29) is 5.91 Å². The number of nitrogens with zero attached hydrogens (tertiary/aromatic N) is 5. The fourth-order valence-electron chi connectivity index (χ4n) is 3.63. The molecule has 0 saturated carbocycles. The minimum absolute atomic E-state index is 0.203. The van der Waals surface area contributed by atoms with Gasteiger partial charge in [-0.25, -0.2) is 9.50 Å². The Balaban J connectivity index is 1.48. The first-order valence-electron chi connectivity index (χ1n) is 9.44. The van der Waals surface area contributed by atoms with Crippen LogP contribution in [0.1, 0.15) is 24.6 Å². The Kier molecular flexibility index (Phi) is 4.90. The van der Waals surface area contributed by atoms with Crippen molar-refractivity contribution in [2.45, 2.75) is 18.8 Å². The van der Waals surface area contributed by atoms with Crippen molar-refractivity contribution in [2.24, 2.45) is 0 Å². The molecular weight excluding hydrogens is 338 g/mol. The van der Waals surface area contributed by atoms with Crippen LogP contribution in [0.25, 0.3) is 16.8 Å². The second-order valence-electron chi connectivity index (χ2n) is 7.45. The number of carbonyl (C=O) groups is 1. The van der Waals surface area contributed by atoms with E-state index in [1.165, 1.54) is 5.56 Å². The summed E-state index contributed by atoms with van der Waals surface area (Å²) in [6, 6.07) is 14.4. The molecule has 4 rings (SSSR count). The summed E-state index contributed by atoms with van der Waals surface area (Å²) >= 11 is 0. The van der Waals surface area contributed by atoms with E-state index in [1.807, 2.05) is 58.9 Å². The van der Waals surface area contributed by atoms with Crippen LogP contribution in [-0.4, -0.2) is 64.0 Å². The summed E-state index contributed by atoms with van der Waals surface area (Å²) in [6.07, 6.45) is 3.88. The first-order valence-corrected chi connectivity index (χ1v) is 9.44. The zero-order valence-corrected chi connectivity index (χ0v) is 15.9. The number of benzene rings is 1. The highest BCUT2D eigenvalue weighted by atomic mass is 16.2. The van der Waals surface area contributed by atoms with Crippen LogP contribution < -0.4 is 0 Å². The van der Waals surface area contributed by atoms with Crippen molar-refractivity contribution in [3.05, 3.63) is 54.5 Å². The second kappa shape index (κ2) is 7.48. The van der Waals surface area contributed by atoms with E-state index >= 15 is 0 Å². The molecule has 3 aromatic rings. The molecule has 1 aliphatic heterocycles. The number of likely N-dealkylation sites (N-methyl/N-ethyl adjacent to an activating group) is 1. The number of amides is 1. The molecule has 140 valence electrons. The molecule has 6 nitrogen and oxygen atoms in total. The van der Waals surface area contributed by atoms with Crippen LogP contribution in [0.4, 0.5) is 0 Å². The lowest BCUT2D eigenvalue weighted by Gasteiger charge is -2.31. The van der Waals surface area contributed by atoms with Crippen molar-refractivity contribution in [1.82, 2.24) is 24.4 Å². The van der Waals surface area contributed by atoms with Crippen molar-refractivity contribution < 1.29 is 4.79 Å². The summed E-state index contributed by atoms with van der Waals surface area (Å²) in [4.78, 5) is 20.8. The van der Waals surface area contributed by atoms with E-state index in [0.717, 1.165) is 43.0 Å². The van der Waals surface area contributed by atoms with Gasteiger partial charge in [0.25, 0.3) is 0 Å². The van der Waals surface area contributed by atoms with Crippen LogP contribution in [0, 0.1) is 0 Å². The Labute approximate surface area is 159 Å². The maximum absolute atomic E-state index is 12.2. The number of hydrogen-bond acceptors (Lipinski definition) is 4. The van der Waals surface area contributed by atoms with Gasteiger partial charge in [-0.05, 0) is 44.6 Å². The number of likely N-dealkylation sites (tertiary alicyclic amines) is 1. The molecule has 3 heterocycles. The highest BCUT2D eigenvalue weighted by Crippen LogP contribution is 2.27. The van der Waals surface area contributed by atoms with Gasteiger partial charge in [-0.1, -0.05) is 30.3 Å². The van der Waals surface area contributed by atoms with Crippen LogP contribution in [0.5, 0.6) is 0 Å². The zero-order chi connectivity index (χ0) is 18.8. The number of carbonyl (C=O) groups excluding carboxylic acids is 1. The summed E-state index contributed by atoms with van der Waals surface area (Å²) in [6.45, 7) is 2.03. The van der Waals surface area contributed by atoms with E-state index in [9.17, 15) is 4.79 Å².